The van der Waals surface area contributed by atoms with Gasteiger partial charge < -0.3 is 4.84 Å². The number of thiazole rings is 1. The van der Waals surface area contributed by atoms with Crippen LogP contribution < -0.4 is 0 Å². The summed E-state index contributed by atoms with van der Waals surface area (Å²) in [6.45, 7) is 7.11. The quantitative estimate of drug-likeness (QED) is 0.213. The maximum atomic E-state index is 11.9. The van der Waals surface area contributed by atoms with Crippen LogP contribution in [0.15, 0.2) is 66.4 Å². The molecule has 0 amide bonds. The summed E-state index contributed by atoms with van der Waals surface area (Å²) in [5.41, 5.74) is 2.28. The molecule has 0 unspecified atom stereocenters. The molecular weight excluding hydrogens is 375 g/mol. The maximum absolute atomic E-state index is 11.9. The second-order valence-corrected chi connectivity index (χ2v) is 6.97. The molecule has 0 atom stereocenters. The Labute approximate surface area is 170 Å². The van der Waals surface area contributed by atoms with Crippen LogP contribution in [-0.4, -0.2) is 23.1 Å². The second kappa shape index (κ2) is 12.8. The minimum atomic E-state index is -0.167. The lowest BCUT2D eigenvalue weighted by Gasteiger charge is -2.05. The average Bonchev–Trinajstić information content (AvgIpc) is 3.06. The first kappa shape index (κ1) is 23.5. The van der Waals surface area contributed by atoms with E-state index in [1.807, 2.05) is 24.3 Å². The van der Waals surface area contributed by atoms with E-state index in [-0.39, 0.29) is 16.8 Å². The van der Waals surface area contributed by atoms with Gasteiger partial charge in [-0.15, -0.1) is 11.3 Å². The zero-order valence-electron chi connectivity index (χ0n) is 17.0. The minimum absolute atomic E-state index is 0.0365. The second-order valence-electron chi connectivity index (χ2n) is 5.94. The molecule has 0 saturated heterocycles. The van der Waals surface area contributed by atoms with E-state index in [4.69, 9.17) is 0 Å². The summed E-state index contributed by atoms with van der Waals surface area (Å²) in [5, 5.41) is 1.13. The molecule has 0 radical (unpaired) electrons. The zero-order valence-corrected chi connectivity index (χ0v) is 17.8. The van der Waals surface area contributed by atoms with Crippen LogP contribution in [0.5, 0.6) is 0 Å². The van der Waals surface area contributed by atoms with Gasteiger partial charge in [-0.25, -0.2) is 4.98 Å². The van der Waals surface area contributed by atoms with Crippen molar-refractivity contribution in [3.05, 3.63) is 66.4 Å². The lowest BCUT2D eigenvalue weighted by molar-refractivity contribution is -0.232. The predicted molar refractivity (Wildman–Crippen MR) is 115 cm³/mol. The third-order valence-electron chi connectivity index (χ3n) is 2.99. The number of aromatic nitrogens is 1. The summed E-state index contributed by atoms with van der Waals surface area (Å²) in [7, 11) is 1.09. The SMILES string of the molecule is CC(=O)/C=C(/C)ON(C)F.CCC.c1ccc(-c2nc3ccccc3s2)cc1. The topological polar surface area (TPSA) is 42.4 Å². The van der Waals surface area contributed by atoms with E-state index < -0.39 is 0 Å². The van der Waals surface area contributed by atoms with Gasteiger partial charge in [0.25, 0.3) is 0 Å². The first-order chi connectivity index (χ1) is 13.4. The first-order valence-corrected chi connectivity index (χ1v) is 9.86. The number of allylic oxidation sites excluding steroid dienone is 2. The molecule has 3 rings (SSSR count). The number of fused-ring (bicyclic) bond motifs is 1. The molecule has 0 bridgehead atoms. The van der Waals surface area contributed by atoms with Crippen molar-refractivity contribution >= 4 is 27.3 Å². The van der Waals surface area contributed by atoms with Gasteiger partial charge in [-0.3, -0.25) is 4.79 Å². The standard InChI is InChI=1S/C13H9NS.C6H10FNO2.C3H8/c1-2-6-10(7-3-1)13-14-11-8-4-5-9-12(11)15-13;1-5(9)4-6(2)10-8(3)7;1-3-2/h1-9H;4H,1-3H3;3H2,1-2H3/b;6-4-;. The Hall–Kier alpha value is -2.57. The minimum Gasteiger partial charge on any atom is -0.381 e. The van der Waals surface area contributed by atoms with Crippen molar-refractivity contribution in [2.45, 2.75) is 34.1 Å². The smallest absolute Gasteiger partial charge is 0.156 e. The number of para-hydroxylation sites is 1. The molecule has 0 spiro atoms. The lowest BCUT2D eigenvalue weighted by atomic mass is 10.2. The summed E-state index contributed by atoms with van der Waals surface area (Å²) < 4.78 is 13.1. The van der Waals surface area contributed by atoms with Crippen LogP contribution in [0.4, 0.5) is 4.48 Å². The summed E-state index contributed by atoms with van der Waals surface area (Å²) in [6, 6.07) is 18.5. The molecule has 0 aliphatic carbocycles. The van der Waals surface area contributed by atoms with Crippen LogP contribution in [0.2, 0.25) is 0 Å². The Kier molecular flexibility index (Phi) is 10.7. The molecule has 0 saturated carbocycles. The van der Waals surface area contributed by atoms with Crippen molar-refractivity contribution in [2.24, 2.45) is 0 Å². The van der Waals surface area contributed by atoms with E-state index in [9.17, 15) is 9.28 Å². The Bertz CT molecular complexity index is 843. The third-order valence-corrected chi connectivity index (χ3v) is 4.08. The van der Waals surface area contributed by atoms with Crippen molar-refractivity contribution in [1.29, 1.82) is 0 Å². The molecule has 1 aromatic heterocycles. The van der Waals surface area contributed by atoms with Gasteiger partial charge in [0.15, 0.2) is 5.78 Å². The lowest BCUT2D eigenvalue weighted by Crippen LogP contribution is -2.06. The number of nitrogens with zero attached hydrogens (tertiary/aromatic N) is 2. The number of carbonyl (C=O) groups excluding carboxylic acids is 1. The van der Waals surface area contributed by atoms with Crippen LogP contribution in [-0.2, 0) is 9.63 Å². The Morgan fingerprint density at radius 1 is 1.11 bits per heavy atom. The molecule has 0 N–H and O–H groups in total. The van der Waals surface area contributed by atoms with Gasteiger partial charge in [-0.2, -0.15) is 0 Å². The number of carbonyl (C=O) groups is 1. The molecule has 0 fully saturated rings. The van der Waals surface area contributed by atoms with E-state index in [0.29, 0.717) is 0 Å². The molecular formula is C22H27FN2O2S. The Morgan fingerprint density at radius 2 is 1.68 bits per heavy atom. The van der Waals surface area contributed by atoms with Crippen molar-refractivity contribution in [3.8, 4) is 10.6 Å². The molecule has 4 nitrogen and oxygen atoms in total. The predicted octanol–water partition coefficient (Wildman–Crippen LogP) is 6.61. The fraction of sp³-hybridized carbons (Fsp3) is 0.273. The fourth-order valence-electron chi connectivity index (χ4n) is 2.09. The highest BCUT2D eigenvalue weighted by molar-refractivity contribution is 7.21. The van der Waals surface area contributed by atoms with E-state index >= 15 is 0 Å². The largest absolute Gasteiger partial charge is 0.381 e. The van der Waals surface area contributed by atoms with Gasteiger partial charge >= 0.3 is 0 Å². The van der Waals surface area contributed by atoms with Crippen molar-refractivity contribution in [1.82, 2.24) is 10.3 Å². The number of hydrogen-bond donors (Lipinski definition) is 0. The van der Waals surface area contributed by atoms with Crippen LogP contribution in [0.25, 0.3) is 20.8 Å². The van der Waals surface area contributed by atoms with Crippen LogP contribution in [0.3, 0.4) is 0 Å². The number of benzene rings is 2. The maximum Gasteiger partial charge on any atom is 0.156 e. The number of rotatable bonds is 4. The monoisotopic (exact) mass is 402 g/mol. The molecule has 3 aromatic rings. The normalized spacial score (nSPS) is 10.6. The summed E-state index contributed by atoms with van der Waals surface area (Å²) in [4.78, 5) is 19.3. The summed E-state index contributed by atoms with van der Waals surface area (Å²) in [5.74, 6) is 0.0665. The van der Waals surface area contributed by atoms with E-state index in [1.54, 1.807) is 11.3 Å². The number of ketones is 1. The van der Waals surface area contributed by atoms with Crippen LogP contribution in [0.1, 0.15) is 34.1 Å². The fourth-order valence-corrected chi connectivity index (χ4v) is 3.06. The molecule has 1 heterocycles. The Morgan fingerprint density at radius 3 is 2.21 bits per heavy atom. The summed E-state index contributed by atoms with van der Waals surface area (Å²) >= 11 is 1.74. The highest BCUT2D eigenvalue weighted by atomic mass is 32.1. The van der Waals surface area contributed by atoms with Crippen LogP contribution >= 0.6 is 11.3 Å². The average molecular weight is 403 g/mol. The van der Waals surface area contributed by atoms with Crippen molar-refractivity contribution < 1.29 is 14.1 Å². The molecule has 2 aromatic carbocycles. The molecule has 0 aliphatic rings. The van der Waals surface area contributed by atoms with Crippen molar-refractivity contribution in [3.63, 3.8) is 0 Å². The number of hydroxylamine groups is 1. The van der Waals surface area contributed by atoms with Crippen molar-refractivity contribution in [2.75, 3.05) is 7.05 Å². The van der Waals surface area contributed by atoms with Gasteiger partial charge in [-0.05, 0) is 26.0 Å². The van der Waals surface area contributed by atoms with Gasteiger partial charge in [0.2, 0.25) is 0 Å². The number of hydrogen-bond acceptors (Lipinski definition) is 5. The van der Waals surface area contributed by atoms with E-state index in [2.05, 4.69) is 54.0 Å². The molecule has 6 heteroatoms. The van der Waals surface area contributed by atoms with Gasteiger partial charge in [-0.1, -0.05) is 67.2 Å². The van der Waals surface area contributed by atoms with Crippen LogP contribution in [0, 0.1) is 0 Å². The Balaban J connectivity index is 0.000000264. The highest BCUT2D eigenvalue weighted by Crippen LogP contribution is 2.29. The van der Waals surface area contributed by atoms with Gasteiger partial charge in [0.05, 0.1) is 17.3 Å². The molecule has 150 valence electrons. The molecule has 0 aliphatic heterocycles. The number of halogens is 1. The van der Waals surface area contributed by atoms with E-state index in [0.717, 1.165) is 17.6 Å². The van der Waals surface area contributed by atoms with Gasteiger partial charge in [0.1, 0.15) is 10.8 Å². The molecule has 28 heavy (non-hydrogen) atoms. The summed E-state index contributed by atoms with van der Waals surface area (Å²) in [6.07, 6.45) is 2.45. The van der Waals surface area contributed by atoms with E-state index in [1.165, 1.54) is 36.6 Å². The highest BCUT2D eigenvalue weighted by Gasteiger charge is 2.04. The first-order valence-electron chi connectivity index (χ1n) is 9.04. The zero-order chi connectivity index (χ0) is 20.9. The third kappa shape index (κ3) is 8.88. The van der Waals surface area contributed by atoms with Gasteiger partial charge in [0, 0.05) is 16.9 Å².